The summed E-state index contributed by atoms with van der Waals surface area (Å²) in [5, 5.41) is 1.33. The lowest BCUT2D eigenvalue weighted by Gasteiger charge is -2.06. The van der Waals surface area contributed by atoms with Gasteiger partial charge >= 0.3 is 0 Å². The minimum absolute atomic E-state index is 0.0694. The van der Waals surface area contributed by atoms with Crippen LogP contribution in [0.5, 0.6) is 0 Å². The molecule has 2 aromatic carbocycles. The van der Waals surface area contributed by atoms with E-state index in [2.05, 4.69) is 5.73 Å². The third-order valence-corrected chi connectivity index (χ3v) is 3.18. The van der Waals surface area contributed by atoms with E-state index in [0.29, 0.717) is 10.0 Å². The van der Waals surface area contributed by atoms with Gasteiger partial charge in [-0.25, -0.2) is 0 Å². The molecule has 0 aliphatic rings. The zero-order chi connectivity index (χ0) is 13.8. The Kier molecular flexibility index (Phi) is 4.99. The largest absolute Gasteiger partial charge is 0.149 e. The molecule has 0 aliphatic heterocycles. The van der Waals surface area contributed by atoms with Crippen molar-refractivity contribution in [1.82, 2.24) is 0 Å². The first-order chi connectivity index (χ1) is 9.06. The summed E-state index contributed by atoms with van der Waals surface area (Å²) < 4.78 is 0.0694. The topological polar surface area (TPSA) is 0 Å². The van der Waals surface area contributed by atoms with E-state index in [-0.39, 0.29) is 4.49 Å². The van der Waals surface area contributed by atoms with E-state index in [0.717, 1.165) is 16.7 Å². The molecule has 0 nitrogen and oxygen atoms in total. The first-order valence-electron chi connectivity index (χ1n) is 5.40. The van der Waals surface area contributed by atoms with Gasteiger partial charge in [-0.15, -0.1) is 0 Å². The van der Waals surface area contributed by atoms with Gasteiger partial charge in [0.15, 0.2) is 0 Å². The first-order valence-corrected chi connectivity index (χ1v) is 6.91. The third-order valence-electron chi connectivity index (χ3n) is 2.49. The lowest BCUT2D eigenvalue weighted by Crippen LogP contribution is -1.86. The zero-order valence-corrected chi connectivity index (χ0v) is 12.7. The van der Waals surface area contributed by atoms with Crippen LogP contribution < -0.4 is 0 Å². The zero-order valence-electron chi connectivity index (χ0n) is 9.63. The third kappa shape index (κ3) is 4.04. The molecule has 0 saturated heterocycles. The van der Waals surface area contributed by atoms with Crippen molar-refractivity contribution < 1.29 is 0 Å². The van der Waals surface area contributed by atoms with Gasteiger partial charge in [-0.3, -0.25) is 0 Å². The van der Waals surface area contributed by atoms with E-state index in [1.807, 2.05) is 24.3 Å². The molecule has 0 saturated carbocycles. The van der Waals surface area contributed by atoms with Gasteiger partial charge in [-0.05, 0) is 35.4 Å². The summed E-state index contributed by atoms with van der Waals surface area (Å²) in [6.07, 6.45) is 0. The number of benzene rings is 2. The average Bonchev–Trinajstić information content (AvgIpc) is 2.38. The van der Waals surface area contributed by atoms with Crippen molar-refractivity contribution in [2.24, 2.45) is 0 Å². The summed E-state index contributed by atoms with van der Waals surface area (Å²) in [6.45, 7) is 0. The molecule has 2 aromatic rings. The number of hydrogen-bond donors (Lipinski definition) is 0. The van der Waals surface area contributed by atoms with Crippen molar-refractivity contribution in [2.75, 3.05) is 0 Å². The summed E-state index contributed by atoms with van der Waals surface area (Å²) in [5.74, 6) is 0. The van der Waals surface area contributed by atoms with Crippen LogP contribution in [0.2, 0.25) is 10.0 Å². The van der Waals surface area contributed by atoms with E-state index in [1.54, 1.807) is 24.3 Å². The predicted octanol–water partition coefficient (Wildman–Crippen LogP) is 6.34. The lowest BCUT2D eigenvalue weighted by molar-refractivity contribution is 1.55. The van der Waals surface area contributed by atoms with Crippen LogP contribution in [0.25, 0.3) is 5.57 Å². The predicted molar refractivity (Wildman–Crippen MR) is 84.1 cm³/mol. The van der Waals surface area contributed by atoms with Gasteiger partial charge in [0.25, 0.3) is 0 Å². The summed E-state index contributed by atoms with van der Waals surface area (Å²) in [4.78, 5) is 0. The van der Waals surface area contributed by atoms with E-state index >= 15 is 0 Å². The minimum atomic E-state index is 0.0694. The SMILES string of the molecule is ClC(Cl)=C=C(c1ccc(Cl)cc1)c1ccc(Cl)cc1. The second-order valence-electron chi connectivity index (χ2n) is 3.77. The maximum absolute atomic E-state index is 5.88. The van der Waals surface area contributed by atoms with Crippen LogP contribution in [0, 0.1) is 0 Å². The molecule has 0 heterocycles. The van der Waals surface area contributed by atoms with E-state index in [4.69, 9.17) is 46.4 Å². The van der Waals surface area contributed by atoms with Crippen molar-refractivity contribution >= 4 is 52.0 Å². The van der Waals surface area contributed by atoms with Gasteiger partial charge in [-0.2, -0.15) is 0 Å². The summed E-state index contributed by atoms with van der Waals surface area (Å²) in [5.41, 5.74) is 5.56. The van der Waals surface area contributed by atoms with Crippen molar-refractivity contribution in [2.45, 2.75) is 0 Å². The fourth-order valence-corrected chi connectivity index (χ4v) is 2.08. The van der Waals surface area contributed by atoms with Gasteiger partial charge in [0.05, 0.1) is 0 Å². The fraction of sp³-hybridized carbons (Fsp3) is 0. The molecule has 0 unspecified atom stereocenters. The highest BCUT2D eigenvalue weighted by molar-refractivity contribution is 6.56. The summed E-state index contributed by atoms with van der Waals surface area (Å²) >= 11 is 23.2. The maximum Gasteiger partial charge on any atom is 0.149 e. The molecule has 0 bridgehead atoms. The quantitative estimate of drug-likeness (QED) is 0.563. The minimum Gasteiger partial charge on any atom is -0.0843 e. The Morgan fingerprint density at radius 1 is 0.684 bits per heavy atom. The van der Waals surface area contributed by atoms with Crippen molar-refractivity contribution in [3.8, 4) is 0 Å². The smallest absolute Gasteiger partial charge is 0.0843 e. The van der Waals surface area contributed by atoms with Gasteiger partial charge in [0.2, 0.25) is 0 Å². The normalized spacial score (nSPS) is 9.89. The summed E-state index contributed by atoms with van der Waals surface area (Å²) in [7, 11) is 0. The van der Waals surface area contributed by atoms with Crippen LogP contribution in [-0.2, 0) is 0 Å². The molecule has 19 heavy (non-hydrogen) atoms. The standard InChI is InChI=1S/C15H8Cl4/c16-12-5-1-10(2-6-12)14(9-15(18)19)11-3-7-13(17)8-4-11/h1-8H. The Morgan fingerprint density at radius 2 is 1.05 bits per heavy atom. The molecule has 0 atom stereocenters. The molecular weight excluding hydrogens is 322 g/mol. The number of halogens is 4. The van der Waals surface area contributed by atoms with Crippen LogP contribution in [0.4, 0.5) is 0 Å². The highest BCUT2D eigenvalue weighted by Gasteiger charge is 2.05. The van der Waals surface area contributed by atoms with E-state index in [1.165, 1.54) is 0 Å². The summed E-state index contributed by atoms with van der Waals surface area (Å²) in [6, 6.07) is 14.7. The highest BCUT2D eigenvalue weighted by atomic mass is 35.5. The van der Waals surface area contributed by atoms with Gasteiger partial charge in [0, 0.05) is 15.6 Å². The van der Waals surface area contributed by atoms with Crippen LogP contribution in [0.3, 0.4) is 0 Å². The van der Waals surface area contributed by atoms with Crippen molar-refractivity contribution in [3.63, 3.8) is 0 Å². The molecule has 2 rings (SSSR count). The van der Waals surface area contributed by atoms with Gasteiger partial charge in [-0.1, -0.05) is 76.4 Å². The van der Waals surface area contributed by atoms with Crippen LogP contribution in [0.1, 0.15) is 11.1 Å². The first kappa shape index (κ1) is 14.5. The second kappa shape index (κ2) is 6.52. The molecule has 96 valence electrons. The molecule has 0 radical (unpaired) electrons. The highest BCUT2D eigenvalue weighted by Crippen LogP contribution is 2.26. The molecule has 0 amide bonds. The van der Waals surface area contributed by atoms with Crippen LogP contribution >= 0.6 is 46.4 Å². The lowest BCUT2D eigenvalue weighted by atomic mass is 9.99. The number of rotatable bonds is 2. The Balaban J connectivity index is 2.58. The molecular formula is C15H8Cl4. The molecule has 0 aliphatic carbocycles. The van der Waals surface area contributed by atoms with Crippen molar-refractivity contribution in [1.29, 1.82) is 0 Å². The van der Waals surface area contributed by atoms with Gasteiger partial charge < -0.3 is 0 Å². The van der Waals surface area contributed by atoms with Crippen molar-refractivity contribution in [3.05, 3.63) is 79.9 Å². The molecule has 0 N–H and O–H groups in total. The van der Waals surface area contributed by atoms with E-state index in [9.17, 15) is 0 Å². The molecule has 0 spiro atoms. The average molecular weight is 330 g/mol. The molecule has 0 aromatic heterocycles. The maximum atomic E-state index is 5.88. The Hall–Kier alpha value is -0.880. The Morgan fingerprint density at radius 3 is 1.37 bits per heavy atom. The van der Waals surface area contributed by atoms with Gasteiger partial charge in [0.1, 0.15) is 4.49 Å². The fourth-order valence-electron chi connectivity index (χ4n) is 1.64. The van der Waals surface area contributed by atoms with Crippen LogP contribution in [0.15, 0.2) is 58.8 Å². The Labute approximate surface area is 131 Å². The molecule has 0 fully saturated rings. The molecule has 4 heteroatoms. The monoisotopic (exact) mass is 328 g/mol. The second-order valence-corrected chi connectivity index (χ2v) is 5.60. The van der Waals surface area contributed by atoms with E-state index < -0.39 is 0 Å². The number of hydrogen-bond acceptors (Lipinski definition) is 0. The van der Waals surface area contributed by atoms with Crippen LogP contribution in [-0.4, -0.2) is 0 Å². The Bertz CT molecular complexity index is 581.